The summed E-state index contributed by atoms with van der Waals surface area (Å²) in [5.74, 6) is -1.91. The van der Waals surface area contributed by atoms with E-state index in [4.69, 9.17) is 0 Å². The van der Waals surface area contributed by atoms with Crippen LogP contribution >= 0.6 is 0 Å². The van der Waals surface area contributed by atoms with E-state index in [1.165, 1.54) is 0 Å². The van der Waals surface area contributed by atoms with E-state index in [0.717, 1.165) is 5.57 Å². The largest absolute Gasteiger partial charge is 0.471 e. The first kappa shape index (κ1) is 14.5. The van der Waals surface area contributed by atoms with E-state index >= 15 is 0 Å². The zero-order valence-electron chi connectivity index (χ0n) is 8.97. The summed E-state index contributed by atoms with van der Waals surface area (Å²) in [6, 6.07) is 0. The second kappa shape index (κ2) is 6.87. The Morgan fingerprint density at radius 2 is 2.06 bits per heavy atom. The van der Waals surface area contributed by atoms with Gasteiger partial charge in [0.1, 0.15) is 0 Å². The average molecular weight is 233 g/mol. The van der Waals surface area contributed by atoms with Crippen molar-refractivity contribution in [3.8, 4) is 0 Å². The summed E-state index contributed by atoms with van der Waals surface area (Å²) in [6.45, 7) is 5.21. The maximum absolute atomic E-state index is 11.8. The first-order chi connectivity index (χ1) is 7.41. The van der Waals surface area contributed by atoms with Gasteiger partial charge in [0.15, 0.2) is 0 Å². The van der Waals surface area contributed by atoms with Crippen LogP contribution in [0.25, 0.3) is 0 Å². The normalized spacial score (nSPS) is 12.9. The zero-order chi connectivity index (χ0) is 12.6. The highest BCUT2D eigenvalue weighted by molar-refractivity contribution is 5.81. The number of rotatable bonds is 5. The Kier molecular flexibility index (Phi) is 6.22. The second-order valence-electron chi connectivity index (χ2n) is 2.96. The van der Waals surface area contributed by atoms with Crippen molar-refractivity contribution in [3.63, 3.8) is 0 Å². The van der Waals surface area contributed by atoms with Crippen LogP contribution in [0.4, 0.5) is 13.2 Å². The van der Waals surface area contributed by atoms with Gasteiger partial charge in [-0.3, -0.25) is 4.79 Å². The summed E-state index contributed by atoms with van der Waals surface area (Å²) in [5.41, 5.74) is 0.836. The molecule has 0 unspecified atom stereocenters. The van der Waals surface area contributed by atoms with Crippen molar-refractivity contribution in [3.05, 3.63) is 36.5 Å². The van der Waals surface area contributed by atoms with Crippen molar-refractivity contribution in [2.24, 2.45) is 0 Å². The number of nitrogens with one attached hydrogen (secondary N) is 1. The molecule has 0 heterocycles. The Labute approximate surface area is 92.5 Å². The van der Waals surface area contributed by atoms with Gasteiger partial charge in [-0.05, 0) is 13.3 Å². The van der Waals surface area contributed by atoms with Crippen molar-refractivity contribution in [1.29, 1.82) is 0 Å². The van der Waals surface area contributed by atoms with Crippen molar-refractivity contribution in [2.75, 3.05) is 6.54 Å². The Morgan fingerprint density at radius 3 is 2.50 bits per heavy atom. The van der Waals surface area contributed by atoms with Crippen LogP contribution in [0.2, 0.25) is 0 Å². The Hall–Kier alpha value is -1.52. The van der Waals surface area contributed by atoms with E-state index < -0.39 is 12.1 Å². The maximum Gasteiger partial charge on any atom is 0.471 e. The van der Waals surface area contributed by atoms with Crippen molar-refractivity contribution < 1.29 is 18.0 Å². The molecule has 0 aromatic carbocycles. The van der Waals surface area contributed by atoms with Gasteiger partial charge in [0.05, 0.1) is 0 Å². The molecule has 0 fully saturated rings. The molecule has 2 nitrogen and oxygen atoms in total. The molecule has 0 bridgehead atoms. The summed E-state index contributed by atoms with van der Waals surface area (Å²) in [4.78, 5) is 10.5. The molecule has 0 radical (unpaired) electrons. The van der Waals surface area contributed by atoms with Crippen LogP contribution in [0.15, 0.2) is 36.5 Å². The first-order valence-corrected chi connectivity index (χ1v) is 4.71. The standard InChI is InChI=1S/C11H14F3NO/c1-3-5-6-9(4-2)7-8-15-10(16)11(12,13)14/h3-6H,1,7-8H2,2H3,(H,15,16)/b6-5-,9-4+. The fourth-order valence-electron chi connectivity index (χ4n) is 0.936. The summed E-state index contributed by atoms with van der Waals surface area (Å²) in [7, 11) is 0. The molecular formula is C11H14F3NO. The maximum atomic E-state index is 11.8. The number of alkyl halides is 3. The van der Waals surface area contributed by atoms with E-state index in [1.54, 1.807) is 36.5 Å². The lowest BCUT2D eigenvalue weighted by atomic mass is 10.1. The molecule has 0 saturated carbocycles. The molecule has 0 aliphatic rings. The third-order valence-electron chi connectivity index (χ3n) is 1.77. The zero-order valence-corrected chi connectivity index (χ0v) is 8.97. The number of carbonyl (C=O) groups is 1. The van der Waals surface area contributed by atoms with Gasteiger partial charge in [0, 0.05) is 6.54 Å². The van der Waals surface area contributed by atoms with E-state index in [1.807, 2.05) is 0 Å². The summed E-state index contributed by atoms with van der Waals surface area (Å²) in [6.07, 6.45) is 2.28. The molecule has 0 aromatic rings. The molecule has 0 spiro atoms. The van der Waals surface area contributed by atoms with Crippen LogP contribution in [-0.4, -0.2) is 18.6 Å². The number of hydrogen-bond acceptors (Lipinski definition) is 1. The molecule has 1 amide bonds. The molecule has 1 N–H and O–H groups in total. The van der Waals surface area contributed by atoms with Gasteiger partial charge in [-0.1, -0.05) is 36.5 Å². The third kappa shape index (κ3) is 6.06. The Bertz CT molecular complexity index is 303. The smallest absolute Gasteiger partial charge is 0.348 e. The fraction of sp³-hybridized carbons (Fsp3) is 0.364. The predicted molar refractivity (Wildman–Crippen MR) is 56.8 cm³/mol. The number of hydrogen-bond donors (Lipinski definition) is 1. The average Bonchev–Trinajstić information content (AvgIpc) is 2.21. The third-order valence-corrected chi connectivity index (χ3v) is 1.77. The highest BCUT2D eigenvalue weighted by atomic mass is 19.4. The highest BCUT2D eigenvalue weighted by Crippen LogP contribution is 2.14. The van der Waals surface area contributed by atoms with Crippen molar-refractivity contribution in [2.45, 2.75) is 19.5 Å². The molecule has 0 atom stereocenters. The molecule has 90 valence electrons. The summed E-state index contributed by atoms with van der Waals surface area (Å²) >= 11 is 0. The fourth-order valence-corrected chi connectivity index (χ4v) is 0.936. The van der Waals surface area contributed by atoms with Gasteiger partial charge >= 0.3 is 12.1 Å². The molecule has 5 heteroatoms. The summed E-state index contributed by atoms with van der Waals surface area (Å²) < 4.78 is 35.4. The summed E-state index contributed by atoms with van der Waals surface area (Å²) in [5, 5.41) is 1.80. The van der Waals surface area contributed by atoms with E-state index in [2.05, 4.69) is 6.58 Å². The van der Waals surface area contributed by atoms with Crippen LogP contribution in [-0.2, 0) is 4.79 Å². The number of allylic oxidation sites excluding steroid dienone is 4. The quantitative estimate of drug-likeness (QED) is 0.727. The molecule has 16 heavy (non-hydrogen) atoms. The molecular weight excluding hydrogens is 219 g/mol. The lowest BCUT2D eigenvalue weighted by Crippen LogP contribution is -2.37. The lowest BCUT2D eigenvalue weighted by molar-refractivity contribution is -0.173. The minimum atomic E-state index is -4.81. The van der Waals surface area contributed by atoms with Crippen molar-refractivity contribution >= 4 is 5.91 Å². The first-order valence-electron chi connectivity index (χ1n) is 4.71. The Morgan fingerprint density at radius 1 is 1.44 bits per heavy atom. The SMILES string of the molecule is C=C/C=C\C(=C/C)CCNC(=O)C(F)(F)F. The molecule has 0 aromatic heterocycles. The Balaban J connectivity index is 4.03. The molecule has 0 saturated heterocycles. The van der Waals surface area contributed by atoms with Gasteiger partial charge in [-0.2, -0.15) is 13.2 Å². The van der Waals surface area contributed by atoms with Gasteiger partial charge in [0.25, 0.3) is 0 Å². The molecule has 0 rings (SSSR count). The van der Waals surface area contributed by atoms with Crippen LogP contribution < -0.4 is 5.32 Å². The minimum Gasteiger partial charge on any atom is -0.348 e. The number of amides is 1. The second-order valence-corrected chi connectivity index (χ2v) is 2.96. The van der Waals surface area contributed by atoms with E-state index in [9.17, 15) is 18.0 Å². The molecule has 0 aliphatic carbocycles. The van der Waals surface area contributed by atoms with Crippen LogP contribution in [0.5, 0.6) is 0 Å². The predicted octanol–water partition coefficient (Wildman–Crippen LogP) is 2.74. The van der Waals surface area contributed by atoms with Crippen LogP contribution in [0.1, 0.15) is 13.3 Å². The van der Waals surface area contributed by atoms with Crippen molar-refractivity contribution in [1.82, 2.24) is 5.32 Å². The lowest BCUT2D eigenvalue weighted by Gasteiger charge is -2.07. The minimum absolute atomic E-state index is 0.0422. The number of halogens is 3. The van der Waals surface area contributed by atoms with Gasteiger partial charge in [-0.25, -0.2) is 0 Å². The number of carbonyl (C=O) groups excluding carboxylic acids is 1. The van der Waals surface area contributed by atoms with Crippen LogP contribution in [0, 0.1) is 0 Å². The monoisotopic (exact) mass is 233 g/mol. The van der Waals surface area contributed by atoms with Gasteiger partial charge in [0.2, 0.25) is 0 Å². The van der Waals surface area contributed by atoms with Crippen LogP contribution in [0.3, 0.4) is 0 Å². The molecule has 0 aliphatic heterocycles. The van der Waals surface area contributed by atoms with E-state index in [0.29, 0.717) is 6.42 Å². The van der Waals surface area contributed by atoms with Gasteiger partial charge in [-0.15, -0.1) is 0 Å². The van der Waals surface area contributed by atoms with Gasteiger partial charge < -0.3 is 5.32 Å². The van der Waals surface area contributed by atoms with E-state index in [-0.39, 0.29) is 6.54 Å². The topological polar surface area (TPSA) is 29.1 Å². The highest BCUT2D eigenvalue weighted by Gasteiger charge is 2.38.